The number of pyridine rings is 1. The van der Waals surface area contributed by atoms with Gasteiger partial charge in [0.1, 0.15) is 0 Å². The summed E-state index contributed by atoms with van der Waals surface area (Å²) >= 11 is 3.47. The lowest BCUT2D eigenvalue weighted by molar-refractivity contribution is 0.551. The molecule has 1 unspecified atom stereocenters. The monoisotopic (exact) mass is 291 g/mol. The highest BCUT2D eigenvalue weighted by Gasteiger charge is 2.10. The molecule has 2 rings (SSSR count). The van der Waals surface area contributed by atoms with Gasteiger partial charge < -0.3 is 0 Å². The molecule has 1 atom stereocenters. The van der Waals surface area contributed by atoms with Gasteiger partial charge >= 0.3 is 0 Å². The quantitative estimate of drug-likeness (QED) is 0.672. The number of halogens is 1. The Kier molecular flexibility index (Phi) is 4.25. The largest absolute Gasteiger partial charge is 0.271 e. The summed E-state index contributed by atoms with van der Waals surface area (Å²) in [6.07, 6.45) is 4.40. The molecular weight excluding hydrogens is 278 g/mol. The average molecular weight is 292 g/mol. The first-order valence-electron chi connectivity index (χ1n) is 5.40. The second-order valence-corrected chi connectivity index (χ2v) is 4.75. The number of nitrogens with zero attached hydrogens (tertiary/aromatic N) is 1. The molecule has 3 N–H and O–H groups in total. The van der Waals surface area contributed by atoms with E-state index in [1.54, 1.807) is 12.4 Å². The van der Waals surface area contributed by atoms with E-state index in [0.717, 1.165) is 16.5 Å². The Morgan fingerprint density at radius 1 is 1.24 bits per heavy atom. The summed E-state index contributed by atoms with van der Waals surface area (Å²) in [6, 6.07) is 12.3. The molecular formula is C13H14BrN3. The van der Waals surface area contributed by atoms with Crippen LogP contribution in [0.1, 0.15) is 17.2 Å². The van der Waals surface area contributed by atoms with Crippen molar-refractivity contribution >= 4 is 15.9 Å². The van der Waals surface area contributed by atoms with Crippen LogP contribution in [0.25, 0.3) is 0 Å². The van der Waals surface area contributed by atoms with E-state index < -0.39 is 0 Å². The normalized spacial score (nSPS) is 12.4. The van der Waals surface area contributed by atoms with Crippen LogP contribution in [0.3, 0.4) is 0 Å². The first-order valence-corrected chi connectivity index (χ1v) is 6.19. The van der Waals surface area contributed by atoms with Crippen molar-refractivity contribution < 1.29 is 0 Å². The number of nitrogens with one attached hydrogen (secondary N) is 1. The Balaban J connectivity index is 2.16. The topological polar surface area (TPSA) is 50.9 Å². The molecule has 1 aromatic heterocycles. The Hall–Kier alpha value is -1.23. The number of benzene rings is 1. The summed E-state index contributed by atoms with van der Waals surface area (Å²) in [7, 11) is 0. The first kappa shape index (κ1) is 12.2. The zero-order valence-corrected chi connectivity index (χ0v) is 10.9. The summed E-state index contributed by atoms with van der Waals surface area (Å²) in [5.41, 5.74) is 5.22. The number of hydrogen-bond donors (Lipinski definition) is 2. The van der Waals surface area contributed by atoms with Crippen molar-refractivity contribution in [2.45, 2.75) is 12.5 Å². The summed E-state index contributed by atoms with van der Waals surface area (Å²) in [6.45, 7) is 0. The molecule has 0 aliphatic heterocycles. The fourth-order valence-corrected chi connectivity index (χ4v) is 2.22. The van der Waals surface area contributed by atoms with Gasteiger partial charge in [-0.05, 0) is 41.8 Å². The maximum absolute atomic E-state index is 5.61. The lowest BCUT2D eigenvalue weighted by Crippen LogP contribution is -2.29. The highest BCUT2D eigenvalue weighted by atomic mass is 79.9. The van der Waals surface area contributed by atoms with Gasteiger partial charge in [-0.25, -0.2) is 0 Å². The van der Waals surface area contributed by atoms with Crippen molar-refractivity contribution in [3.8, 4) is 0 Å². The van der Waals surface area contributed by atoms with Crippen LogP contribution < -0.4 is 11.3 Å². The lowest BCUT2D eigenvalue weighted by Gasteiger charge is -2.16. The van der Waals surface area contributed by atoms with E-state index in [2.05, 4.69) is 38.5 Å². The van der Waals surface area contributed by atoms with Gasteiger partial charge in [0, 0.05) is 16.9 Å². The maximum atomic E-state index is 5.61. The van der Waals surface area contributed by atoms with Crippen LogP contribution in [0.2, 0.25) is 0 Å². The number of hydrogen-bond acceptors (Lipinski definition) is 3. The lowest BCUT2D eigenvalue weighted by atomic mass is 10.0. The maximum Gasteiger partial charge on any atom is 0.0501 e. The molecule has 0 saturated heterocycles. The summed E-state index contributed by atoms with van der Waals surface area (Å²) in [5, 5.41) is 0. The summed E-state index contributed by atoms with van der Waals surface area (Å²) < 4.78 is 1.08. The number of nitrogens with two attached hydrogens (primary N) is 1. The van der Waals surface area contributed by atoms with E-state index in [4.69, 9.17) is 5.84 Å². The standard InChI is InChI=1S/C13H14BrN3/c14-12-3-1-2-10(8-12)9-13(17-15)11-4-6-16-7-5-11/h1-8,13,17H,9,15H2. The van der Waals surface area contributed by atoms with Crippen LogP contribution >= 0.6 is 15.9 Å². The summed E-state index contributed by atoms with van der Waals surface area (Å²) in [5.74, 6) is 5.61. The van der Waals surface area contributed by atoms with Crippen molar-refractivity contribution in [2.75, 3.05) is 0 Å². The van der Waals surface area contributed by atoms with Gasteiger partial charge in [-0.2, -0.15) is 0 Å². The van der Waals surface area contributed by atoms with Gasteiger partial charge in [-0.1, -0.05) is 28.1 Å². The Labute approximate surface area is 109 Å². The van der Waals surface area contributed by atoms with Crippen molar-refractivity contribution in [3.05, 3.63) is 64.4 Å². The predicted octanol–water partition coefficient (Wildman–Crippen LogP) is 2.59. The van der Waals surface area contributed by atoms with E-state index >= 15 is 0 Å². The first-order chi connectivity index (χ1) is 8.29. The van der Waals surface area contributed by atoms with Gasteiger partial charge in [-0.15, -0.1) is 0 Å². The number of aromatic nitrogens is 1. The average Bonchev–Trinajstić information content (AvgIpc) is 2.37. The van der Waals surface area contributed by atoms with E-state index in [0.29, 0.717) is 0 Å². The second kappa shape index (κ2) is 5.91. The van der Waals surface area contributed by atoms with Crippen molar-refractivity contribution in [1.82, 2.24) is 10.4 Å². The van der Waals surface area contributed by atoms with Crippen molar-refractivity contribution in [3.63, 3.8) is 0 Å². The molecule has 0 aliphatic carbocycles. The van der Waals surface area contributed by atoms with Crippen LogP contribution in [-0.4, -0.2) is 4.98 Å². The second-order valence-electron chi connectivity index (χ2n) is 3.83. The van der Waals surface area contributed by atoms with E-state index in [1.165, 1.54) is 5.56 Å². The smallest absolute Gasteiger partial charge is 0.0501 e. The van der Waals surface area contributed by atoms with Crippen molar-refractivity contribution in [2.24, 2.45) is 5.84 Å². The molecule has 1 aromatic carbocycles. The van der Waals surface area contributed by atoms with Gasteiger partial charge in [0.05, 0.1) is 6.04 Å². The molecule has 1 heterocycles. The third-order valence-corrected chi connectivity index (χ3v) is 3.13. The van der Waals surface area contributed by atoms with Gasteiger partial charge in [0.15, 0.2) is 0 Å². The zero-order chi connectivity index (χ0) is 12.1. The van der Waals surface area contributed by atoms with E-state index in [-0.39, 0.29) is 6.04 Å². The Bertz CT molecular complexity index is 473. The molecule has 0 amide bonds. The molecule has 4 heteroatoms. The zero-order valence-electron chi connectivity index (χ0n) is 9.31. The minimum Gasteiger partial charge on any atom is -0.271 e. The molecule has 0 radical (unpaired) electrons. The van der Waals surface area contributed by atoms with Crippen LogP contribution in [0.5, 0.6) is 0 Å². The number of hydrazine groups is 1. The van der Waals surface area contributed by atoms with Crippen LogP contribution in [-0.2, 0) is 6.42 Å². The highest BCUT2D eigenvalue weighted by Crippen LogP contribution is 2.19. The third-order valence-electron chi connectivity index (χ3n) is 2.64. The van der Waals surface area contributed by atoms with Gasteiger partial charge in [0.2, 0.25) is 0 Å². The fourth-order valence-electron chi connectivity index (χ4n) is 1.77. The summed E-state index contributed by atoms with van der Waals surface area (Å²) in [4.78, 5) is 4.01. The predicted molar refractivity (Wildman–Crippen MR) is 72.1 cm³/mol. The Morgan fingerprint density at radius 3 is 2.65 bits per heavy atom. The molecule has 2 aromatic rings. The van der Waals surface area contributed by atoms with Crippen molar-refractivity contribution in [1.29, 1.82) is 0 Å². The number of rotatable bonds is 4. The molecule has 0 fully saturated rings. The fraction of sp³-hybridized carbons (Fsp3) is 0.154. The molecule has 3 nitrogen and oxygen atoms in total. The molecule has 88 valence electrons. The minimum absolute atomic E-state index is 0.104. The molecule has 0 bridgehead atoms. The van der Waals surface area contributed by atoms with Gasteiger partial charge in [0.25, 0.3) is 0 Å². The molecule has 0 spiro atoms. The van der Waals surface area contributed by atoms with Gasteiger partial charge in [-0.3, -0.25) is 16.3 Å². The van der Waals surface area contributed by atoms with Crippen LogP contribution in [0.4, 0.5) is 0 Å². The van der Waals surface area contributed by atoms with Crippen LogP contribution in [0.15, 0.2) is 53.3 Å². The minimum atomic E-state index is 0.104. The molecule has 0 aliphatic rings. The van der Waals surface area contributed by atoms with Crippen LogP contribution in [0, 0.1) is 0 Å². The molecule has 0 saturated carbocycles. The van der Waals surface area contributed by atoms with E-state index in [1.807, 2.05) is 24.3 Å². The molecule has 17 heavy (non-hydrogen) atoms. The Morgan fingerprint density at radius 2 is 2.00 bits per heavy atom. The SMILES string of the molecule is NNC(Cc1cccc(Br)c1)c1ccncc1. The highest BCUT2D eigenvalue weighted by molar-refractivity contribution is 9.10. The van der Waals surface area contributed by atoms with E-state index in [9.17, 15) is 0 Å². The third kappa shape index (κ3) is 3.36.